The van der Waals surface area contributed by atoms with Gasteiger partial charge in [-0.25, -0.2) is 4.98 Å². The summed E-state index contributed by atoms with van der Waals surface area (Å²) in [5, 5.41) is 19.1. The predicted molar refractivity (Wildman–Crippen MR) is 57.2 cm³/mol. The summed E-state index contributed by atoms with van der Waals surface area (Å²) in [5.74, 6) is 0.455. The van der Waals surface area contributed by atoms with Gasteiger partial charge in [0.25, 0.3) is 0 Å². The summed E-state index contributed by atoms with van der Waals surface area (Å²) in [6, 6.07) is 1.69. The van der Waals surface area contributed by atoms with Crippen LogP contribution in [0.1, 0.15) is 17.2 Å². The molecule has 0 aliphatic heterocycles. The Bertz CT molecular complexity index is 332. The smallest absolute Gasteiger partial charge is 0.213 e. The average Bonchev–Trinajstić information content (AvgIpc) is 2.26. The fourth-order valence-electron chi connectivity index (χ4n) is 1.25. The lowest BCUT2D eigenvalue weighted by Crippen LogP contribution is -2.20. The van der Waals surface area contributed by atoms with E-state index in [0.29, 0.717) is 11.4 Å². The van der Waals surface area contributed by atoms with Gasteiger partial charge in [0.05, 0.1) is 19.1 Å². The molecule has 5 heteroatoms. The van der Waals surface area contributed by atoms with Gasteiger partial charge in [0.15, 0.2) is 0 Å². The monoisotopic (exact) mass is 231 g/mol. The molecule has 2 atom stereocenters. The summed E-state index contributed by atoms with van der Waals surface area (Å²) >= 11 is 5.45. The standard InChI is InChI=1S/C10H14ClNO3/c1-6-3-9(15-2)12-5-7(6)10(14)8(13)4-11/h3,5,8,10,13-14H,4H2,1-2H3. The summed E-state index contributed by atoms with van der Waals surface area (Å²) in [6.45, 7) is 1.81. The molecule has 0 saturated carbocycles. The zero-order valence-electron chi connectivity index (χ0n) is 8.64. The molecule has 2 N–H and O–H groups in total. The Labute approximate surface area is 93.5 Å². The van der Waals surface area contributed by atoms with Gasteiger partial charge < -0.3 is 14.9 Å². The fourth-order valence-corrected chi connectivity index (χ4v) is 1.42. The lowest BCUT2D eigenvalue weighted by Gasteiger charge is -2.17. The van der Waals surface area contributed by atoms with E-state index in [1.54, 1.807) is 6.07 Å². The highest BCUT2D eigenvalue weighted by Crippen LogP contribution is 2.23. The van der Waals surface area contributed by atoms with Crippen molar-refractivity contribution in [2.45, 2.75) is 19.1 Å². The highest BCUT2D eigenvalue weighted by molar-refractivity contribution is 6.18. The number of hydrogen-bond donors (Lipinski definition) is 2. The molecule has 84 valence electrons. The van der Waals surface area contributed by atoms with E-state index in [1.165, 1.54) is 13.3 Å². The van der Waals surface area contributed by atoms with E-state index in [-0.39, 0.29) is 5.88 Å². The van der Waals surface area contributed by atoms with Crippen LogP contribution in [0, 0.1) is 6.92 Å². The second-order valence-electron chi connectivity index (χ2n) is 3.25. The number of rotatable bonds is 4. The van der Waals surface area contributed by atoms with Crippen LogP contribution < -0.4 is 4.74 Å². The topological polar surface area (TPSA) is 62.6 Å². The molecule has 0 radical (unpaired) electrons. The summed E-state index contributed by atoms with van der Waals surface area (Å²) in [7, 11) is 1.52. The number of ether oxygens (including phenoxy) is 1. The van der Waals surface area contributed by atoms with Crippen molar-refractivity contribution < 1.29 is 14.9 Å². The molecule has 15 heavy (non-hydrogen) atoms. The molecule has 0 fully saturated rings. The molecule has 0 saturated heterocycles. The number of alkyl halides is 1. The predicted octanol–water partition coefficient (Wildman–Crippen LogP) is 1.03. The Morgan fingerprint density at radius 1 is 1.53 bits per heavy atom. The second kappa shape index (κ2) is 5.30. The van der Waals surface area contributed by atoms with E-state index in [1.807, 2.05) is 6.92 Å². The van der Waals surface area contributed by atoms with Crippen LogP contribution in [0.4, 0.5) is 0 Å². The summed E-state index contributed by atoms with van der Waals surface area (Å²) < 4.78 is 4.94. The second-order valence-corrected chi connectivity index (χ2v) is 3.56. The SMILES string of the molecule is COc1cc(C)c(C(O)C(O)CCl)cn1. The van der Waals surface area contributed by atoms with Crippen molar-refractivity contribution in [1.29, 1.82) is 0 Å². The van der Waals surface area contributed by atoms with Gasteiger partial charge in [0.2, 0.25) is 5.88 Å². The average molecular weight is 232 g/mol. The minimum absolute atomic E-state index is 0.0212. The minimum atomic E-state index is -1.01. The minimum Gasteiger partial charge on any atom is -0.481 e. The lowest BCUT2D eigenvalue weighted by molar-refractivity contribution is 0.0320. The Kier molecular flexibility index (Phi) is 4.32. The molecule has 0 amide bonds. The number of aromatic nitrogens is 1. The van der Waals surface area contributed by atoms with Crippen LogP contribution in [0.25, 0.3) is 0 Å². The first kappa shape index (κ1) is 12.2. The third-order valence-corrected chi connectivity index (χ3v) is 2.49. The van der Waals surface area contributed by atoms with Crippen molar-refractivity contribution in [3.63, 3.8) is 0 Å². The van der Waals surface area contributed by atoms with Gasteiger partial charge in [0.1, 0.15) is 6.10 Å². The molecular weight excluding hydrogens is 218 g/mol. The van der Waals surface area contributed by atoms with E-state index in [2.05, 4.69) is 4.98 Å². The Hall–Kier alpha value is -0.840. The Balaban J connectivity index is 2.95. The van der Waals surface area contributed by atoms with Gasteiger partial charge in [-0.15, -0.1) is 11.6 Å². The van der Waals surface area contributed by atoms with Gasteiger partial charge in [-0.05, 0) is 12.5 Å². The summed E-state index contributed by atoms with van der Waals surface area (Å²) in [6.07, 6.45) is -0.518. The van der Waals surface area contributed by atoms with E-state index < -0.39 is 12.2 Å². The van der Waals surface area contributed by atoms with Crippen molar-refractivity contribution >= 4 is 11.6 Å². The molecule has 0 bridgehead atoms. The maximum Gasteiger partial charge on any atom is 0.213 e. The highest BCUT2D eigenvalue weighted by Gasteiger charge is 2.19. The zero-order valence-corrected chi connectivity index (χ0v) is 9.40. The van der Waals surface area contributed by atoms with Crippen LogP contribution in [0.5, 0.6) is 5.88 Å². The maximum absolute atomic E-state index is 9.72. The highest BCUT2D eigenvalue weighted by atomic mass is 35.5. The van der Waals surface area contributed by atoms with Crippen molar-refractivity contribution in [2.75, 3.05) is 13.0 Å². The van der Waals surface area contributed by atoms with Crippen molar-refractivity contribution in [1.82, 2.24) is 4.98 Å². The molecule has 1 aromatic heterocycles. The number of hydrogen-bond acceptors (Lipinski definition) is 4. The number of aliphatic hydroxyl groups excluding tert-OH is 2. The molecule has 4 nitrogen and oxygen atoms in total. The van der Waals surface area contributed by atoms with Crippen molar-refractivity contribution in [3.8, 4) is 5.88 Å². The molecular formula is C10H14ClNO3. The molecule has 1 rings (SSSR count). The van der Waals surface area contributed by atoms with Crippen molar-refractivity contribution in [3.05, 3.63) is 23.4 Å². The van der Waals surface area contributed by atoms with Crippen LogP contribution in [0.15, 0.2) is 12.3 Å². The third kappa shape index (κ3) is 2.81. The third-order valence-electron chi connectivity index (χ3n) is 2.18. The first-order chi connectivity index (χ1) is 7.10. The van der Waals surface area contributed by atoms with Gasteiger partial charge in [0, 0.05) is 17.8 Å². The Morgan fingerprint density at radius 3 is 2.67 bits per heavy atom. The molecule has 0 spiro atoms. The molecule has 1 heterocycles. The molecule has 2 unspecified atom stereocenters. The number of nitrogens with zero attached hydrogens (tertiary/aromatic N) is 1. The molecule has 0 aliphatic rings. The van der Waals surface area contributed by atoms with Crippen LogP contribution in [-0.2, 0) is 0 Å². The van der Waals surface area contributed by atoms with Crippen molar-refractivity contribution in [2.24, 2.45) is 0 Å². The largest absolute Gasteiger partial charge is 0.481 e. The molecule has 1 aromatic rings. The summed E-state index contributed by atoms with van der Waals surface area (Å²) in [5.41, 5.74) is 1.36. The van der Waals surface area contributed by atoms with E-state index in [9.17, 15) is 10.2 Å². The van der Waals surface area contributed by atoms with E-state index in [4.69, 9.17) is 16.3 Å². The van der Waals surface area contributed by atoms with Crippen LogP contribution >= 0.6 is 11.6 Å². The van der Waals surface area contributed by atoms with Gasteiger partial charge in [-0.3, -0.25) is 0 Å². The number of halogens is 1. The number of aryl methyl sites for hydroxylation is 1. The first-order valence-electron chi connectivity index (χ1n) is 4.52. The molecule has 0 aliphatic carbocycles. The van der Waals surface area contributed by atoms with Crippen LogP contribution in [0.2, 0.25) is 0 Å². The maximum atomic E-state index is 9.72. The first-order valence-corrected chi connectivity index (χ1v) is 5.06. The molecule has 0 aromatic carbocycles. The van der Waals surface area contributed by atoms with Gasteiger partial charge >= 0.3 is 0 Å². The van der Waals surface area contributed by atoms with Gasteiger partial charge in [-0.2, -0.15) is 0 Å². The fraction of sp³-hybridized carbons (Fsp3) is 0.500. The van der Waals surface area contributed by atoms with Gasteiger partial charge in [-0.1, -0.05) is 0 Å². The van der Waals surface area contributed by atoms with Crippen LogP contribution in [0.3, 0.4) is 0 Å². The van der Waals surface area contributed by atoms with E-state index in [0.717, 1.165) is 5.56 Å². The number of methoxy groups -OCH3 is 1. The Morgan fingerprint density at radius 2 is 2.20 bits per heavy atom. The number of pyridine rings is 1. The lowest BCUT2D eigenvalue weighted by atomic mass is 10.0. The quantitative estimate of drug-likeness (QED) is 0.760. The van der Waals surface area contributed by atoms with Crippen LogP contribution in [-0.4, -0.2) is 34.3 Å². The van der Waals surface area contributed by atoms with E-state index >= 15 is 0 Å². The zero-order chi connectivity index (χ0) is 11.4. The normalized spacial score (nSPS) is 14.7. The summed E-state index contributed by atoms with van der Waals surface area (Å²) in [4.78, 5) is 3.96. The number of aliphatic hydroxyl groups is 2.